The van der Waals surface area contributed by atoms with E-state index in [9.17, 15) is 4.39 Å². The predicted octanol–water partition coefficient (Wildman–Crippen LogP) is 5.40. The number of fused-ring (bicyclic) bond motifs is 1. The standard InChI is InChI=1S/C14H19BrFNSi/c1-14(2,3)18(4,5)17-9-10(15)13-11(16)7-6-8-12(13)17/h6-9H,1-5H3. The van der Waals surface area contributed by atoms with Gasteiger partial charge in [0.25, 0.3) is 0 Å². The molecule has 1 aromatic carbocycles. The Morgan fingerprint density at radius 1 is 1.22 bits per heavy atom. The Morgan fingerprint density at radius 3 is 2.39 bits per heavy atom. The van der Waals surface area contributed by atoms with Crippen LogP contribution in [0.15, 0.2) is 28.9 Å². The Morgan fingerprint density at radius 2 is 1.83 bits per heavy atom. The van der Waals surface area contributed by atoms with Gasteiger partial charge in [-0.1, -0.05) is 39.9 Å². The molecule has 18 heavy (non-hydrogen) atoms. The fourth-order valence-electron chi connectivity index (χ4n) is 2.02. The molecule has 0 bridgehead atoms. The lowest BCUT2D eigenvalue weighted by molar-refractivity contribution is 0.639. The maximum absolute atomic E-state index is 13.9. The fraction of sp³-hybridized carbons (Fsp3) is 0.429. The normalized spacial score (nSPS) is 13.3. The summed E-state index contributed by atoms with van der Waals surface area (Å²) in [6.07, 6.45) is 2.05. The van der Waals surface area contributed by atoms with E-state index in [0.29, 0.717) is 5.39 Å². The zero-order valence-electron chi connectivity index (χ0n) is 11.5. The van der Waals surface area contributed by atoms with E-state index < -0.39 is 8.24 Å². The number of hydrogen-bond donors (Lipinski definition) is 0. The largest absolute Gasteiger partial charge is 0.373 e. The van der Waals surface area contributed by atoms with E-state index >= 15 is 0 Å². The Bertz CT molecular complexity index is 596. The molecule has 0 radical (unpaired) electrons. The zero-order valence-corrected chi connectivity index (χ0v) is 14.1. The summed E-state index contributed by atoms with van der Waals surface area (Å²) < 4.78 is 17.1. The third-order valence-corrected chi connectivity index (χ3v) is 10.0. The summed E-state index contributed by atoms with van der Waals surface area (Å²) in [6, 6.07) is 5.31. The van der Waals surface area contributed by atoms with E-state index in [4.69, 9.17) is 0 Å². The highest BCUT2D eigenvalue weighted by Crippen LogP contribution is 2.40. The van der Waals surface area contributed by atoms with Crippen LogP contribution in [0.2, 0.25) is 18.1 Å². The van der Waals surface area contributed by atoms with Gasteiger partial charge in [0.2, 0.25) is 0 Å². The van der Waals surface area contributed by atoms with Gasteiger partial charge in [-0.3, -0.25) is 0 Å². The first-order chi connectivity index (χ1) is 8.16. The van der Waals surface area contributed by atoms with Crippen molar-refractivity contribution in [2.24, 2.45) is 0 Å². The molecule has 0 aliphatic heterocycles. The Balaban J connectivity index is 2.78. The van der Waals surface area contributed by atoms with Crippen molar-refractivity contribution in [3.63, 3.8) is 0 Å². The van der Waals surface area contributed by atoms with Gasteiger partial charge in [-0.05, 0) is 33.1 Å². The number of benzene rings is 1. The predicted molar refractivity (Wildman–Crippen MR) is 82.2 cm³/mol. The van der Waals surface area contributed by atoms with E-state index in [1.54, 1.807) is 6.07 Å². The van der Waals surface area contributed by atoms with Gasteiger partial charge in [-0.15, -0.1) is 0 Å². The van der Waals surface area contributed by atoms with Crippen LogP contribution in [0.3, 0.4) is 0 Å². The van der Waals surface area contributed by atoms with Crippen molar-refractivity contribution in [2.45, 2.75) is 38.9 Å². The topological polar surface area (TPSA) is 4.93 Å². The molecule has 0 saturated carbocycles. The summed E-state index contributed by atoms with van der Waals surface area (Å²) in [5.74, 6) is -0.156. The van der Waals surface area contributed by atoms with Crippen LogP contribution in [0.4, 0.5) is 4.39 Å². The summed E-state index contributed by atoms with van der Waals surface area (Å²) in [4.78, 5) is 0. The molecule has 1 heterocycles. The van der Waals surface area contributed by atoms with Crippen LogP contribution in [0.1, 0.15) is 20.8 Å². The van der Waals surface area contributed by atoms with Gasteiger partial charge in [-0.25, -0.2) is 4.39 Å². The lowest BCUT2D eigenvalue weighted by atomic mass is 10.2. The van der Waals surface area contributed by atoms with Crippen molar-refractivity contribution in [3.05, 3.63) is 34.7 Å². The molecule has 0 saturated heterocycles. The summed E-state index contributed by atoms with van der Waals surface area (Å²) in [7, 11) is -1.73. The Kier molecular flexibility index (Phi) is 3.22. The van der Waals surface area contributed by atoms with Crippen molar-refractivity contribution in [2.75, 3.05) is 0 Å². The second-order valence-electron chi connectivity index (χ2n) is 6.29. The van der Waals surface area contributed by atoms with Gasteiger partial charge < -0.3 is 4.23 Å². The van der Waals surface area contributed by atoms with Crippen molar-refractivity contribution >= 4 is 35.1 Å². The first kappa shape index (κ1) is 13.8. The van der Waals surface area contributed by atoms with Gasteiger partial charge in [0.05, 0.1) is 0 Å². The molecule has 4 heteroatoms. The minimum absolute atomic E-state index is 0.156. The summed E-state index contributed by atoms with van der Waals surface area (Å²) in [5, 5.41) is 0.910. The highest BCUT2D eigenvalue weighted by atomic mass is 79.9. The van der Waals surface area contributed by atoms with Gasteiger partial charge in [0, 0.05) is 21.6 Å². The molecule has 0 atom stereocenters. The number of nitrogens with zero attached hydrogens (tertiary/aromatic N) is 1. The van der Waals surface area contributed by atoms with Crippen molar-refractivity contribution in [3.8, 4) is 0 Å². The van der Waals surface area contributed by atoms with Crippen LogP contribution in [-0.4, -0.2) is 12.5 Å². The fourth-order valence-corrected chi connectivity index (χ4v) is 4.77. The average Bonchev–Trinajstić information content (AvgIpc) is 2.56. The molecule has 98 valence electrons. The van der Waals surface area contributed by atoms with E-state index in [1.165, 1.54) is 6.07 Å². The molecule has 2 aromatic rings. The summed E-state index contributed by atoms with van der Waals surface area (Å²) in [5.41, 5.74) is 0.994. The monoisotopic (exact) mass is 327 g/mol. The van der Waals surface area contributed by atoms with Gasteiger partial charge in [0.1, 0.15) is 5.82 Å². The molecule has 0 aliphatic carbocycles. The van der Waals surface area contributed by atoms with Crippen LogP contribution >= 0.6 is 15.9 Å². The van der Waals surface area contributed by atoms with Gasteiger partial charge >= 0.3 is 0 Å². The molecule has 0 unspecified atom stereocenters. The van der Waals surface area contributed by atoms with E-state index in [2.05, 4.69) is 54.0 Å². The smallest absolute Gasteiger partial charge is 0.161 e. The molecule has 0 spiro atoms. The summed E-state index contributed by atoms with van der Waals surface area (Å²) >= 11 is 3.49. The van der Waals surface area contributed by atoms with Gasteiger partial charge in [-0.2, -0.15) is 0 Å². The van der Waals surface area contributed by atoms with E-state index in [1.807, 2.05) is 12.3 Å². The second kappa shape index (κ2) is 4.20. The minimum atomic E-state index is -1.73. The average molecular weight is 328 g/mol. The van der Waals surface area contributed by atoms with Gasteiger partial charge in [0.15, 0.2) is 8.24 Å². The third kappa shape index (κ3) is 1.95. The lowest BCUT2D eigenvalue weighted by Gasteiger charge is -2.38. The second-order valence-corrected chi connectivity index (χ2v) is 12.2. The van der Waals surface area contributed by atoms with Crippen LogP contribution in [0.5, 0.6) is 0 Å². The number of hydrogen-bond acceptors (Lipinski definition) is 0. The van der Waals surface area contributed by atoms with Crippen LogP contribution in [0.25, 0.3) is 10.9 Å². The number of rotatable bonds is 1. The highest BCUT2D eigenvalue weighted by Gasteiger charge is 2.38. The molecule has 0 N–H and O–H groups in total. The molecule has 0 fully saturated rings. The zero-order chi connectivity index (χ0) is 13.7. The van der Waals surface area contributed by atoms with Crippen LogP contribution in [0, 0.1) is 5.82 Å². The minimum Gasteiger partial charge on any atom is -0.373 e. The lowest BCUT2D eigenvalue weighted by Crippen LogP contribution is -2.44. The number of halogens is 2. The first-order valence-corrected chi connectivity index (χ1v) is 9.86. The third-order valence-electron chi connectivity index (χ3n) is 4.17. The van der Waals surface area contributed by atoms with Crippen molar-refractivity contribution < 1.29 is 4.39 Å². The number of aromatic nitrogens is 1. The Hall–Kier alpha value is -0.613. The molecular weight excluding hydrogens is 309 g/mol. The van der Waals surface area contributed by atoms with Crippen LogP contribution < -0.4 is 0 Å². The SMILES string of the molecule is CC(C)(C)[Si](C)(C)n1cc(Br)c2c(F)cccc21. The van der Waals surface area contributed by atoms with Crippen molar-refractivity contribution in [1.82, 2.24) is 4.23 Å². The van der Waals surface area contributed by atoms with E-state index in [-0.39, 0.29) is 10.9 Å². The Labute approximate surface area is 117 Å². The molecule has 1 nitrogen and oxygen atoms in total. The molecule has 0 amide bonds. The quantitative estimate of drug-likeness (QED) is 0.618. The van der Waals surface area contributed by atoms with Crippen LogP contribution in [-0.2, 0) is 0 Å². The maximum Gasteiger partial charge on any atom is 0.161 e. The van der Waals surface area contributed by atoms with Crippen molar-refractivity contribution in [1.29, 1.82) is 0 Å². The molecular formula is C14H19BrFNSi. The molecule has 2 rings (SSSR count). The summed E-state index contributed by atoms with van der Waals surface area (Å²) in [6.45, 7) is 11.4. The first-order valence-electron chi connectivity index (χ1n) is 6.12. The highest BCUT2D eigenvalue weighted by molar-refractivity contribution is 9.10. The molecule has 0 aliphatic rings. The molecule has 1 aromatic heterocycles. The maximum atomic E-state index is 13.9. The van der Waals surface area contributed by atoms with E-state index in [0.717, 1.165) is 9.99 Å².